The fraction of sp³-hybridized carbons (Fsp3) is 0.231. The number of aryl methyl sites for hydroxylation is 2. The first-order chi connectivity index (χ1) is 16.1. The van der Waals surface area contributed by atoms with Gasteiger partial charge in [0.2, 0.25) is 0 Å². The molecule has 0 amide bonds. The minimum atomic E-state index is -0.943. The Balaban J connectivity index is 1.74. The predicted octanol–water partition coefficient (Wildman–Crippen LogP) is 3.60. The molecule has 0 fully saturated rings. The van der Waals surface area contributed by atoms with Gasteiger partial charge in [0.1, 0.15) is 18.7 Å². The van der Waals surface area contributed by atoms with Crippen molar-refractivity contribution < 1.29 is 9.53 Å². The zero-order valence-electron chi connectivity index (χ0n) is 18.5. The van der Waals surface area contributed by atoms with E-state index in [-0.39, 0.29) is 0 Å². The van der Waals surface area contributed by atoms with Gasteiger partial charge in [-0.3, -0.25) is 9.25 Å². The smallest absolute Gasteiger partial charge is 0.163 e. The summed E-state index contributed by atoms with van der Waals surface area (Å²) in [5.74, 6) is 1.54. The zero-order valence-corrected chi connectivity index (χ0v) is 18.5. The number of hydrogen-bond acceptors (Lipinski definition) is 5. The largest absolute Gasteiger partial charge is 0.369 e. The van der Waals surface area contributed by atoms with E-state index in [0.29, 0.717) is 13.2 Å². The molecule has 7 heteroatoms. The van der Waals surface area contributed by atoms with Crippen molar-refractivity contribution in [3.8, 4) is 16.8 Å². The fourth-order valence-electron chi connectivity index (χ4n) is 5.27. The number of ether oxygens (including phenoxy) is 1. The summed E-state index contributed by atoms with van der Waals surface area (Å²) < 4.78 is 9.90. The van der Waals surface area contributed by atoms with Crippen molar-refractivity contribution in [1.82, 2.24) is 24.5 Å². The summed E-state index contributed by atoms with van der Waals surface area (Å²) in [7, 11) is 1.90. The van der Waals surface area contributed by atoms with Crippen LogP contribution in [0.3, 0.4) is 0 Å². The van der Waals surface area contributed by atoms with Crippen LogP contribution in [-0.2, 0) is 41.6 Å². The highest BCUT2D eigenvalue weighted by Gasteiger charge is 2.40. The van der Waals surface area contributed by atoms with Gasteiger partial charge in [0.25, 0.3) is 0 Å². The van der Waals surface area contributed by atoms with Crippen LogP contribution in [0.2, 0.25) is 0 Å². The van der Waals surface area contributed by atoms with Crippen LogP contribution in [-0.4, -0.2) is 30.8 Å². The van der Waals surface area contributed by atoms with Gasteiger partial charge < -0.3 is 9.53 Å². The molecule has 0 spiro atoms. The Labute approximate surface area is 191 Å². The highest BCUT2D eigenvalue weighted by molar-refractivity contribution is 5.88. The Morgan fingerprint density at radius 1 is 1.12 bits per heavy atom. The third kappa shape index (κ3) is 2.85. The number of carbonyl (C=O) groups excluding carboxylic acids is 1. The van der Waals surface area contributed by atoms with Crippen molar-refractivity contribution in [2.45, 2.75) is 32.0 Å². The highest BCUT2D eigenvalue weighted by atomic mass is 16.5. The molecule has 0 saturated carbocycles. The average molecular weight is 438 g/mol. The molecule has 1 aliphatic heterocycles. The molecule has 3 heterocycles. The van der Waals surface area contributed by atoms with E-state index in [1.54, 1.807) is 4.68 Å². The number of aldehydes is 1. The molecule has 7 nitrogen and oxygen atoms in total. The van der Waals surface area contributed by atoms with Gasteiger partial charge in [-0.1, -0.05) is 42.5 Å². The highest BCUT2D eigenvalue weighted by Crippen LogP contribution is 2.46. The second-order valence-corrected chi connectivity index (χ2v) is 8.63. The molecule has 2 aliphatic rings. The molecule has 1 unspecified atom stereocenters. The van der Waals surface area contributed by atoms with Gasteiger partial charge >= 0.3 is 0 Å². The maximum Gasteiger partial charge on any atom is 0.163 e. The first kappa shape index (κ1) is 19.8. The molecule has 33 heavy (non-hydrogen) atoms. The summed E-state index contributed by atoms with van der Waals surface area (Å²) in [6.45, 7) is 2.66. The van der Waals surface area contributed by atoms with Crippen molar-refractivity contribution >= 4 is 6.29 Å². The number of benzene rings is 2. The van der Waals surface area contributed by atoms with Crippen LogP contribution in [0.1, 0.15) is 33.9 Å². The number of fused-ring (bicyclic) bond motifs is 4. The topological polar surface area (TPSA) is 74.8 Å². The van der Waals surface area contributed by atoms with Gasteiger partial charge in [-0.05, 0) is 41.7 Å². The Hall–Kier alpha value is -3.84. The maximum absolute atomic E-state index is 13.1. The normalized spacial score (nSPS) is 18.8. The molecular formula is C26H23N5O2. The predicted molar refractivity (Wildman–Crippen MR) is 123 cm³/mol. The lowest BCUT2D eigenvalue weighted by Gasteiger charge is -2.35. The van der Waals surface area contributed by atoms with Crippen LogP contribution in [0.15, 0.2) is 60.9 Å². The van der Waals surface area contributed by atoms with Gasteiger partial charge in [0, 0.05) is 24.4 Å². The van der Waals surface area contributed by atoms with E-state index >= 15 is 0 Å². The third-order valence-corrected chi connectivity index (χ3v) is 6.70. The summed E-state index contributed by atoms with van der Waals surface area (Å²) in [6, 6.07) is 12.3. The van der Waals surface area contributed by atoms with Crippen LogP contribution in [0, 0.1) is 6.92 Å². The van der Waals surface area contributed by atoms with Crippen molar-refractivity contribution in [3.63, 3.8) is 0 Å². The molecule has 6 rings (SSSR count). The lowest BCUT2D eigenvalue weighted by atomic mass is 9.67. The Kier molecular flexibility index (Phi) is 4.41. The van der Waals surface area contributed by atoms with Crippen LogP contribution in [0.5, 0.6) is 0 Å². The van der Waals surface area contributed by atoms with E-state index in [0.717, 1.165) is 63.4 Å². The van der Waals surface area contributed by atoms with Crippen molar-refractivity contribution in [1.29, 1.82) is 0 Å². The summed E-state index contributed by atoms with van der Waals surface area (Å²) in [5.41, 5.74) is 5.97. The lowest BCUT2D eigenvalue weighted by molar-refractivity contribution is -0.110. The number of nitrogens with zero attached hydrogens (tertiary/aromatic N) is 5. The van der Waals surface area contributed by atoms with E-state index in [9.17, 15) is 4.79 Å². The summed E-state index contributed by atoms with van der Waals surface area (Å²) in [6.07, 6.45) is 9.83. The second-order valence-electron chi connectivity index (χ2n) is 8.63. The van der Waals surface area contributed by atoms with E-state index in [2.05, 4.69) is 45.6 Å². The molecule has 4 aromatic rings. The van der Waals surface area contributed by atoms with Crippen LogP contribution in [0.25, 0.3) is 16.8 Å². The van der Waals surface area contributed by atoms with Crippen molar-refractivity contribution in [2.24, 2.45) is 7.05 Å². The number of allylic oxidation sites excluding steroid dienone is 2. The van der Waals surface area contributed by atoms with Crippen molar-refractivity contribution in [3.05, 3.63) is 94.8 Å². The molecule has 2 aromatic heterocycles. The molecule has 1 atom stereocenters. The Bertz CT molecular complexity index is 1430. The molecule has 0 N–H and O–H groups in total. The number of carbonyl (C=O) groups is 1. The second kappa shape index (κ2) is 7.35. The SMILES string of the molecule is Cc1nnc2n1-c1ccc(-c3cnn(C)c3)c(C3(C=O)C=CCc4ccccc43)c1COC2. The quantitative estimate of drug-likeness (QED) is 0.362. The monoisotopic (exact) mass is 437 g/mol. The molecule has 0 radical (unpaired) electrons. The summed E-state index contributed by atoms with van der Waals surface area (Å²) >= 11 is 0. The fourth-order valence-corrected chi connectivity index (χ4v) is 5.27. The first-order valence-corrected chi connectivity index (χ1v) is 11.0. The van der Waals surface area contributed by atoms with Crippen LogP contribution in [0.4, 0.5) is 0 Å². The van der Waals surface area contributed by atoms with Gasteiger partial charge in [0.15, 0.2) is 5.82 Å². The maximum atomic E-state index is 13.1. The molecular weight excluding hydrogens is 414 g/mol. The van der Waals surface area contributed by atoms with E-state index in [1.165, 1.54) is 0 Å². The molecule has 0 bridgehead atoms. The van der Waals surface area contributed by atoms with Crippen molar-refractivity contribution in [2.75, 3.05) is 0 Å². The van der Waals surface area contributed by atoms with Gasteiger partial charge in [-0.25, -0.2) is 0 Å². The van der Waals surface area contributed by atoms with Crippen LogP contribution >= 0.6 is 0 Å². The van der Waals surface area contributed by atoms with E-state index in [1.807, 2.05) is 49.1 Å². The Morgan fingerprint density at radius 3 is 2.82 bits per heavy atom. The minimum absolute atomic E-state index is 0.359. The van der Waals surface area contributed by atoms with Gasteiger partial charge in [0.05, 0.1) is 23.9 Å². The zero-order chi connectivity index (χ0) is 22.6. The van der Waals surface area contributed by atoms with E-state index in [4.69, 9.17) is 4.74 Å². The third-order valence-electron chi connectivity index (χ3n) is 6.70. The summed E-state index contributed by atoms with van der Waals surface area (Å²) in [5, 5.41) is 13.0. The Morgan fingerprint density at radius 2 is 2.00 bits per heavy atom. The van der Waals surface area contributed by atoms with Crippen LogP contribution < -0.4 is 0 Å². The minimum Gasteiger partial charge on any atom is -0.369 e. The summed E-state index contributed by atoms with van der Waals surface area (Å²) in [4.78, 5) is 13.1. The number of aromatic nitrogens is 5. The molecule has 1 aliphatic carbocycles. The molecule has 0 saturated heterocycles. The average Bonchev–Trinajstić information content (AvgIpc) is 3.38. The van der Waals surface area contributed by atoms with E-state index < -0.39 is 5.41 Å². The lowest BCUT2D eigenvalue weighted by Crippen LogP contribution is -2.33. The van der Waals surface area contributed by atoms with Gasteiger partial charge in [-0.15, -0.1) is 10.2 Å². The number of rotatable bonds is 3. The molecule has 164 valence electrons. The standard InChI is InChI=1S/C26H23N5O2/c1-17-28-29-24-15-33-14-21-23(31(17)24)10-9-20(19-12-27-30(2)13-19)25(21)26(16-32)11-5-7-18-6-3-4-8-22(18)26/h3-6,8-13,16H,7,14-15H2,1-2H3. The molecule has 2 aromatic carbocycles. The number of hydrogen-bond donors (Lipinski definition) is 0. The van der Waals surface area contributed by atoms with Gasteiger partial charge in [-0.2, -0.15) is 5.10 Å². The first-order valence-electron chi connectivity index (χ1n) is 11.0.